The van der Waals surface area contributed by atoms with Gasteiger partial charge >= 0.3 is 17.9 Å². The Bertz CT molecular complexity index is 1190. The fraction of sp³-hybridized carbons (Fsp3) is 0.737. The first kappa shape index (κ1) is 59.9. The van der Waals surface area contributed by atoms with Crippen molar-refractivity contribution < 1.29 is 28.6 Å². The molecule has 0 aliphatic rings. The molecule has 0 bridgehead atoms. The molecule has 0 heterocycles. The van der Waals surface area contributed by atoms with Crippen LogP contribution in [0.1, 0.15) is 252 Å². The molecule has 0 saturated carbocycles. The Hall–Kier alpha value is -3.15. The molecule has 0 rings (SSSR count). The van der Waals surface area contributed by atoms with E-state index in [-0.39, 0.29) is 37.5 Å². The Kier molecular flexibility index (Phi) is 48.9. The summed E-state index contributed by atoms with van der Waals surface area (Å²) in [5.41, 5.74) is 0. The molecule has 1 atom stereocenters. The first-order valence-corrected chi connectivity index (χ1v) is 26.4. The average molecular weight is 879 g/mol. The van der Waals surface area contributed by atoms with E-state index in [0.29, 0.717) is 19.3 Å². The van der Waals surface area contributed by atoms with Crippen LogP contribution in [-0.2, 0) is 28.6 Å². The van der Waals surface area contributed by atoms with Crippen LogP contribution in [0.15, 0.2) is 72.9 Å². The van der Waals surface area contributed by atoms with E-state index < -0.39 is 6.10 Å². The van der Waals surface area contributed by atoms with E-state index in [1.54, 1.807) is 0 Å². The van der Waals surface area contributed by atoms with Gasteiger partial charge in [0.15, 0.2) is 6.10 Å². The number of rotatable bonds is 47. The summed E-state index contributed by atoms with van der Waals surface area (Å²) < 4.78 is 16.7. The van der Waals surface area contributed by atoms with Gasteiger partial charge in [0.2, 0.25) is 0 Å². The molecule has 362 valence electrons. The van der Waals surface area contributed by atoms with Gasteiger partial charge in [-0.15, -0.1) is 0 Å². The van der Waals surface area contributed by atoms with Crippen molar-refractivity contribution in [2.45, 2.75) is 258 Å². The van der Waals surface area contributed by atoms with Gasteiger partial charge < -0.3 is 14.2 Å². The normalized spacial score (nSPS) is 12.6. The summed E-state index contributed by atoms with van der Waals surface area (Å²) in [7, 11) is 0. The number of unbranched alkanes of at least 4 members (excludes halogenated alkanes) is 24. The van der Waals surface area contributed by atoms with Gasteiger partial charge in [-0.25, -0.2) is 0 Å². The zero-order valence-electron chi connectivity index (χ0n) is 41.3. The van der Waals surface area contributed by atoms with E-state index in [1.807, 2.05) is 12.2 Å². The maximum Gasteiger partial charge on any atom is 0.306 e. The van der Waals surface area contributed by atoms with Crippen molar-refractivity contribution in [3.05, 3.63) is 72.9 Å². The molecule has 63 heavy (non-hydrogen) atoms. The number of ether oxygens (including phenoxy) is 3. The molecular weight excluding hydrogens is 781 g/mol. The van der Waals surface area contributed by atoms with E-state index >= 15 is 0 Å². The Morgan fingerprint density at radius 3 is 1.10 bits per heavy atom. The van der Waals surface area contributed by atoms with Crippen LogP contribution in [0.25, 0.3) is 0 Å². The quantitative estimate of drug-likeness (QED) is 0.0262. The molecule has 0 N–H and O–H groups in total. The van der Waals surface area contributed by atoms with E-state index in [9.17, 15) is 14.4 Å². The zero-order valence-corrected chi connectivity index (χ0v) is 41.3. The third-order valence-electron chi connectivity index (χ3n) is 11.2. The number of allylic oxidation sites excluding steroid dienone is 12. The topological polar surface area (TPSA) is 78.9 Å². The largest absolute Gasteiger partial charge is 0.462 e. The SMILES string of the molecule is CC/C=C\C/C=C\C/C=C\C/C=C\CCC(=O)OCC(COC(=O)CCCCCCCCCCCCCCCCCCC)OC(=O)CCCCCCC/C=C\C/C=C\CCCCC. The highest BCUT2D eigenvalue weighted by Gasteiger charge is 2.19. The summed E-state index contributed by atoms with van der Waals surface area (Å²) in [6.07, 6.45) is 64.7. The standard InChI is InChI=1S/C57H98O6/c1-4-7-10-13-16-19-22-25-27-28-30-32-35-38-41-44-47-50-56(59)62-53-54(52-61-55(58)49-46-43-40-37-34-31-24-21-18-15-12-9-6-3)63-57(60)51-48-45-42-39-36-33-29-26-23-20-17-14-11-8-5-2/h9,12,17-18,20-21,26,29,31,34,40,43,54H,4-8,10-11,13-16,19,22-25,27-28,30,32-33,35-39,41-42,44-53H2,1-3H3/b12-9-,20-17-,21-18-,29-26-,34-31-,43-40-. The third kappa shape index (κ3) is 49.7. The molecule has 0 radical (unpaired) electrons. The van der Waals surface area contributed by atoms with Crippen LogP contribution in [-0.4, -0.2) is 37.2 Å². The maximum atomic E-state index is 12.8. The molecule has 0 spiro atoms. The van der Waals surface area contributed by atoms with E-state index in [1.165, 1.54) is 116 Å². The van der Waals surface area contributed by atoms with Gasteiger partial charge in [0.05, 0.1) is 0 Å². The van der Waals surface area contributed by atoms with Gasteiger partial charge in [0.1, 0.15) is 13.2 Å². The lowest BCUT2D eigenvalue weighted by atomic mass is 10.0. The molecule has 0 amide bonds. The highest BCUT2D eigenvalue weighted by molar-refractivity contribution is 5.71. The van der Waals surface area contributed by atoms with Crippen molar-refractivity contribution in [1.29, 1.82) is 0 Å². The predicted molar refractivity (Wildman–Crippen MR) is 270 cm³/mol. The first-order chi connectivity index (χ1) is 31.0. The first-order valence-electron chi connectivity index (χ1n) is 26.4. The lowest BCUT2D eigenvalue weighted by Crippen LogP contribution is -2.30. The molecule has 0 aromatic heterocycles. The molecule has 6 heteroatoms. The van der Waals surface area contributed by atoms with Gasteiger partial charge in [-0.3, -0.25) is 14.4 Å². The molecule has 0 fully saturated rings. The summed E-state index contributed by atoms with van der Waals surface area (Å²) in [4.78, 5) is 38.0. The van der Waals surface area contributed by atoms with Gasteiger partial charge in [-0.05, 0) is 77.0 Å². The second kappa shape index (κ2) is 51.5. The summed E-state index contributed by atoms with van der Waals surface area (Å²) >= 11 is 0. The van der Waals surface area contributed by atoms with Crippen LogP contribution in [0.4, 0.5) is 0 Å². The summed E-state index contributed by atoms with van der Waals surface area (Å²) in [6, 6.07) is 0. The molecule has 0 aromatic rings. The van der Waals surface area contributed by atoms with E-state index in [0.717, 1.165) is 89.9 Å². The summed E-state index contributed by atoms with van der Waals surface area (Å²) in [6.45, 7) is 6.43. The van der Waals surface area contributed by atoms with Gasteiger partial charge in [-0.2, -0.15) is 0 Å². The van der Waals surface area contributed by atoms with Crippen LogP contribution in [0.3, 0.4) is 0 Å². The minimum Gasteiger partial charge on any atom is -0.462 e. The second-order valence-corrected chi connectivity index (χ2v) is 17.4. The Morgan fingerprint density at radius 2 is 0.651 bits per heavy atom. The molecule has 0 saturated heterocycles. The van der Waals surface area contributed by atoms with Crippen LogP contribution < -0.4 is 0 Å². The second-order valence-electron chi connectivity index (χ2n) is 17.4. The minimum atomic E-state index is -0.809. The Labute approximate surface area is 389 Å². The zero-order chi connectivity index (χ0) is 45.8. The summed E-state index contributed by atoms with van der Waals surface area (Å²) in [5.74, 6) is -0.996. The molecule has 0 aromatic carbocycles. The van der Waals surface area contributed by atoms with Gasteiger partial charge in [-0.1, -0.05) is 229 Å². The van der Waals surface area contributed by atoms with Crippen LogP contribution in [0.5, 0.6) is 0 Å². The summed E-state index contributed by atoms with van der Waals surface area (Å²) in [5, 5.41) is 0. The van der Waals surface area contributed by atoms with Crippen molar-refractivity contribution in [1.82, 2.24) is 0 Å². The molecule has 0 aliphatic carbocycles. The predicted octanol–water partition coefficient (Wildman–Crippen LogP) is 17.4. The molecular formula is C57H98O6. The average Bonchev–Trinajstić information content (AvgIpc) is 3.28. The van der Waals surface area contributed by atoms with Crippen LogP contribution >= 0.6 is 0 Å². The van der Waals surface area contributed by atoms with Crippen molar-refractivity contribution in [3.8, 4) is 0 Å². The fourth-order valence-corrected chi connectivity index (χ4v) is 7.25. The highest BCUT2D eigenvalue weighted by atomic mass is 16.6. The Balaban J connectivity index is 4.45. The number of hydrogen-bond donors (Lipinski definition) is 0. The number of esters is 3. The third-order valence-corrected chi connectivity index (χ3v) is 11.2. The smallest absolute Gasteiger partial charge is 0.306 e. The highest BCUT2D eigenvalue weighted by Crippen LogP contribution is 2.15. The van der Waals surface area contributed by atoms with Crippen LogP contribution in [0, 0.1) is 0 Å². The Morgan fingerprint density at radius 1 is 0.333 bits per heavy atom. The maximum absolute atomic E-state index is 12.8. The minimum absolute atomic E-state index is 0.101. The molecule has 6 nitrogen and oxygen atoms in total. The van der Waals surface area contributed by atoms with Gasteiger partial charge in [0, 0.05) is 19.3 Å². The molecule has 0 aliphatic heterocycles. The van der Waals surface area contributed by atoms with Crippen molar-refractivity contribution in [3.63, 3.8) is 0 Å². The number of hydrogen-bond acceptors (Lipinski definition) is 6. The van der Waals surface area contributed by atoms with Crippen molar-refractivity contribution >= 4 is 17.9 Å². The number of carbonyl (C=O) groups excluding carboxylic acids is 3. The van der Waals surface area contributed by atoms with E-state index in [2.05, 4.69) is 81.5 Å². The fourth-order valence-electron chi connectivity index (χ4n) is 7.25. The van der Waals surface area contributed by atoms with Gasteiger partial charge in [0.25, 0.3) is 0 Å². The van der Waals surface area contributed by atoms with Crippen LogP contribution in [0.2, 0.25) is 0 Å². The van der Waals surface area contributed by atoms with E-state index in [4.69, 9.17) is 14.2 Å². The monoisotopic (exact) mass is 879 g/mol. The molecule has 1 unspecified atom stereocenters. The lowest BCUT2D eigenvalue weighted by Gasteiger charge is -2.18. The lowest BCUT2D eigenvalue weighted by molar-refractivity contribution is -0.166. The van der Waals surface area contributed by atoms with Crippen molar-refractivity contribution in [2.75, 3.05) is 13.2 Å². The number of carbonyl (C=O) groups is 3. The van der Waals surface area contributed by atoms with Crippen molar-refractivity contribution in [2.24, 2.45) is 0 Å².